The van der Waals surface area contributed by atoms with E-state index in [0.29, 0.717) is 0 Å². The minimum absolute atomic E-state index is 0.0348. The summed E-state index contributed by atoms with van der Waals surface area (Å²) in [4.78, 5) is 63.2. The zero-order chi connectivity index (χ0) is 25.7. The molecular weight excluding hydrogens is 440 g/mol. The SMILES string of the molecule is CC(NC(=O)C(CCC(N)=O)NC(=O)C(N)C(C)O)C(=O)NC(CCCN=C(N)N)C(=O)O. The Balaban J connectivity index is 5.07. The zero-order valence-electron chi connectivity index (χ0n) is 18.6. The first-order valence-corrected chi connectivity index (χ1v) is 10.2. The number of aliphatic imine (C=N–C) groups is 1. The molecule has 0 heterocycles. The minimum atomic E-state index is -1.33. The monoisotopic (exact) mass is 474 g/mol. The molecule has 33 heavy (non-hydrogen) atoms. The van der Waals surface area contributed by atoms with Gasteiger partial charge in [-0.1, -0.05) is 0 Å². The standard InChI is InChI=1S/C18H34N8O7/c1-8(14(29)26-11(17(32)33)4-3-7-23-18(21)22)24-15(30)10(5-6-12(19)28)25-16(31)13(20)9(2)27/h8-11,13,27H,3-7,20H2,1-2H3,(H2,19,28)(H,24,30)(H,25,31)(H,26,29)(H,32,33)(H4,21,22,23). The third kappa shape index (κ3) is 12.2. The van der Waals surface area contributed by atoms with Gasteiger partial charge in [0.05, 0.1) is 6.10 Å². The number of carbonyl (C=O) groups is 5. The number of nitrogens with one attached hydrogen (secondary N) is 3. The predicted octanol–water partition coefficient (Wildman–Crippen LogP) is -4.43. The number of nitrogens with two attached hydrogens (primary N) is 4. The topological polar surface area (TPSA) is 278 Å². The Bertz CT molecular complexity index is 739. The highest BCUT2D eigenvalue weighted by Crippen LogP contribution is 2.02. The number of rotatable bonds is 15. The lowest BCUT2D eigenvalue weighted by Gasteiger charge is -2.24. The van der Waals surface area contributed by atoms with Crippen LogP contribution in [-0.4, -0.2) is 82.6 Å². The third-order valence-electron chi connectivity index (χ3n) is 4.45. The van der Waals surface area contributed by atoms with Crippen molar-refractivity contribution >= 4 is 35.6 Å². The molecule has 13 N–H and O–H groups in total. The van der Waals surface area contributed by atoms with Gasteiger partial charge in [0, 0.05) is 13.0 Å². The fraction of sp³-hybridized carbons (Fsp3) is 0.667. The highest BCUT2D eigenvalue weighted by Gasteiger charge is 2.29. The summed E-state index contributed by atoms with van der Waals surface area (Å²) in [5.41, 5.74) is 21.0. The maximum Gasteiger partial charge on any atom is 0.326 e. The van der Waals surface area contributed by atoms with Gasteiger partial charge in [-0.3, -0.25) is 24.2 Å². The van der Waals surface area contributed by atoms with E-state index in [0.717, 1.165) is 0 Å². The van der Waals surface area contributed by atoms with Crippen LogP contribution in [-0.2, 0) is 24.0 Å². The van der Waals surface area contributed by atoms with Crippen LogP contribution in [0.2, 0.25) is 0 Å². The molecule has 5 atom stereocenters. The first-order valence-electron chi connectivity index (χ1n) is 10.2. The number of primary amides is 1. The van der Waals surface area contributed by atoms with Gasteiger partial charge in [0.15, 0.2) is 5.96 Å². The number of carboxylic acid groups (broad SMARTS) is 1. The summed E-state index contributed by atoms with van der Waals surface area (Å²) in [6.07, 6.45) is -1.32. The first-order chi connectivity index (χ1) is 15.3. The van der Waals surface area contributed by atoms with E-state index in [1.807, 2.05) is 0 Å². The van der Waals surface area contributed by atoms with Crippen molar-refractivity contribution in [2.75, 3.05) is 6.54 Å². The minimum Gasteiger partial charge on any atom is -0.480 e. The van der Waals surface area contributed by atoms with Crippen molar-refractivity contribution in [2.24, 2.45) is 27.9 Å². The largest absolute Gasteiger partial charge is 0.480 e. The lowest BCUT2D eigenvalue weighted by Crippen LogP contribution is -2.57. The summed E-state index contributed by atoms with van der Waals surface area (Å²) in [6, 6.07) is -5.04. The highest BCUT2D eigenvalue weighted by molar-refractivity contribution is 5.94. The van der Waals surface area contributed by atoms with E-state index >= 15 is 0 Å². The second-order valence-electron chi connectivity index (χ2n) is 7.41. The van der Waals surface area contributed by atoms with E-state index in [4.69, 9.17) is 22.9 Å². The van der Waals surface area contributed by atoms with E-state index in [-0.39, 0.29) is 38.2 Å². The summed E-state index contributed by atoms with van der Waals surface area (Å²) in [5, 5.41) is 25.6. The molecule has 0 aromatic rings. The zero-order valence-corrected chi connectivity index (χ0v) is 18.6. The second kappa shape index (κ2) is 14.6. The van der Waals surface area contributed by atoms with Crippen LogP contribution >= 0.6 is 0 Å². The summed E-state index contributed by atoms with van der Waals surface area (Å²) < 4.78 is 0. The van der Waals surface area contributed by atoms with E-state index in [9.17, 15) is 34.2 Å². The maximum absolute atomic E-state index is 12.6. The van der Waals surface area contributed by atoms with Crippen LogP contribution in [0.1, 0.15) is 39.5 Å². The molecule has 0 aliphatic heterocycles. The van der Waals surface area contributed by atoms with Gasteiger partial charge in [-0.25, -0.2) is 4.79 Å². The fourth-order valence-electron chi connectivity index (χ4n) is 2.48. The van der Waals surface area contributed by atoms with Crippen LogP contribution in [0.15, 0.2) is 4.99 Å². The normalized spacial score (nSPS) is 15.2. The molecule has 188 valence electrons. The van der Waals surface area contributed by atoms with Gasteiger partial charge in [0.2, 0.25) is 23.6 Å². The highest BCUT2D eigenvalue weighted by atomic mass is 16.4. The molecule has 0 rings (SSSR count). The smallest absolute Gasteiger partial charge is 0.326 e. The van der Waals surface area contributed by atoms with Crippen LogP contribution in [0.4, 0.5) is 0 Å². The molecular formula is C18H34N8O7. The van der Waals surface area contributed by atoms with Gasteiger partial charge in [-0.05, 0) is 33.1 Å². The molecule has 0 aromatic carbocycles. The number of aliphatic hydroxyl groups is 1. The van der Waals surface area contributed by atoms with Crippen molar-refractivity contribution in [1.29, 1.82) is 0 Å². The Morgan fingerprint density at radius 2 is 1.45 bits per heavy atom. The Morgan fingerprint density at radius 1 is 0.879 bits per heavy atom. The van der Waals surface area contributed by atoms with E-state index < -0.39 is 59.9 Å². The molecule has 0 aliphatic carbocycles. The molecule has 0 fully saturated rings. The quantitative estimate of drug-likeness (QED) is 0.0623. The Labute approximate surface area is 190 Å². The number of aliphatic carboxylic acids is 1. The molecule has 15 heteroatoms. The Hall–Kier alpha value is -3.46. The molecule has 0 saturated carbocycles. The second-order valence-corrected chi connectivity index (χ2v) is 7.41. The molecule has 0 radical (unpaired) electrons. The molecule has 15 nitrogen and oxygen atoms in total. The van der Waals surface area contributed by atoms with Crippen molar-refractivity contribution in [3.05, 3.63) is 0 Å². The van der Waals surface area contributed by atoms with Crippen molar-refractivity contribution in [1.82, 2.24) is 16.0 Å². The number of hydrogen-bond donors (Lipinski definition) is 9. The van der Waals surface area contributed by atoms with Crippen molar-refractivity contribution < 1.29 is 34.2 Å². The summed E-state index contributed by atoms with van der Waals surface area (Å²) >= 11 is 0. The molecule has 0 saturated heterocycles. The lowest BCUT2D eigenvalue weighted by molar-refractivity contribution is -0.142. The molecule has 5 unspecified atom stereocenters. The summed E-state index contributed by atoms with van der Waals surface area (Å²) in [7, 11) is 0. The van der Waals surface area contributed by atoms with Gasteiger partial charge in [0.25, 0.3) is 0 Å². The van der Waals surface area contributed by atoms with Crippen LogP contribution in [0, 0.1) is 0 Å². The number of guanidine groups is 1. The van der Waals surface area contributed by atoms with E-state index in [1.54, 1.807) is 0 Å². The van der Waals surface area contributed by atoms with E-state index in [2.05, 4.69) is 20.9 Å². The maximum atomic E-state index is 12.6. The van der Waals surface area contributed by atoms with Crippen LogP contribution < -0.4 is 38.9 Å². The van der Waals surface area contributed by atoms with Gasteiger partial charge in [0.1, 0.15) is 24.2 Å². The van der Waals surface area contributed by atoms with Crippen LogP contribution in [0.3, 0.4) is 0 Å². The number of aliphatic hydroxyl groups excluding tert-OH is 1. The van der Waals surface area contributed by atoms with Crippen LogP contribution in [0.5, 0.6) is 0 Å². The van der Waals surface area contributed by atoms with Gasteiger partial charge in [-0.2, -0.15) is 0 Å². The number of amides is 4. The van der Waals surface area contributed by atoms with Gasteiger partial charge in [-0.15, -0.1) is 0 Å². The fourth-order valence-corrected chi connectivity index (χ4v) is 2.48. The Kier molecular flexibility index (Phi) is 13.0. The van der Waals surface area contributed by atoms with Gasteiger partial charge >= 0.3 is 5.97 Å². The molecule has 4 amide bonds. The van der Waals surface area contributed by atoms with Crippen molar-refractivity contribution in [2.45, 2.75) is 69.8 Å². The summed E-state index contributed by atoms with van der Waals surface area (Å²) in [6.45, 7) is 2.76. The first kappa shape index (κ1) is 29.5. The number of carboxylic acids is 1. The number of carbonyl (C=O) groups excluding carboxylic acids is 4. The van der Waals surface area contributed by atoms with Crippen molar-refractivity contribution in [3.8, 4) is 0 Å². The molecule has 0 aromatic heterocycles. The number of nitrogens with zero attached hydrogens (tertiary/aromatic N) is 1. The molecule has 0 bridgehead atoms. The molecule has 0 aliphatic rings. The Morgan fingerprint density at radius 3 is 1.94 bits per heavy atom. The molecule has 0 spiro atoms. The third-order valence-corrected chi connectivity index (χ3v) is 4.45. The van der Waals surface area contributed by atoms with Gasteiger partial charge < -0.3 is 49.1 Å². The average molecular weight is 475 g/mol. The number of hydrogen-bond acceptors (Lipinski definition) is 8. The van der Waals surface area contributed by atoms with Crippen molar-refractivity contribution in [3.63, 3.8) is 0 Å². The lowest BCUT2D eigenvalue weighted by atomic mass is 10.1. The average Bonchev–Trinajstić information content (AvgIpc) is 2.71. The predicted molar refractivity (Wildman–Crippen MR) is 117 cm³/mol. The van der Waals surface area contributed by atoms with Crippen LogP contribution in [0.25, 0.3) is 0 Å². The summed E-state index contributed by atoms with van der Waals surface area (Å²) in [5.74, 6) is -4.63. The van der Waals surface area contributed by atoms with E-state index in [1.165, 1.54) is 13.8 Å².